The number of halogens is 1. The van der Waals surface area contributed by atoms with E-state index in [0.717, 1.165) is 30.1 Å². The second-order valence-corrected chi connectivity index (χ2v) is 4.31. The molecule has 1 N–H and O–H groups in total. The minimum Gasteiger partial charge on any atom is -0.440 e. The van der Waals surface area contributed by atoms with Crippen LogP contribution in [0.15, 0.2) is 22.6 Å². The van der Waals surface area contributed by atoms with Gasteiger partial charge in [0.1, 0.15) is 5.52 Å². The Morgan fingerprint density at radius 2 is 2.31 bits per heavy atom. The van der Waals surface area contributed by atoms with Gasteiger partial charge in [-0.15, -0.1) is 0 Å². The summed E-state index contributed by atoms with van der Waals surface area (Å²) in [4.78, 5) is 4.44. The van der Waals surface area contributed by atoms with Gasteiger partial charge in [0, 0.05) is 17.5 Å². The molecule has 2 rings (SSSR count). The van der Waals surface area contributed by atoms with Crippen molar-refractivity contribution in [2.24, 2.45) is 0 Å². The maximum Gasteiger partial charge on any atom is 0.199 e. The number of fused-ring (bicyclic) bond motifs is 1. The van der Waals surface area contributed by atoms with Crippen molar-refractivity contribution in [2.75, 3.05) is 13.1 Å². The van der Waals surface area contributed by atoms with E-state index in [1.54, 1.807) is 0 Å². The second kappa shape index (κ2) is 4.85. The number of hydrogen-bond acceptors (Lipinski definition) is 3. The number of benzene rings is 1. The molecule has 86 valence electrons. The smallest absolute Gasteiger partial charge is 0.199 e. The van der Waals surface area contributed by atoms with Gasteiger partial charge in [0.2, 0.25) is 0 Å². The molecule has 0 radical (unpaired) electrons. The largest absolute Gasteiger partial charge is 0.440 e. The van der Waals surface area contributed by atoms with Crippen molar-refractivity contribution >= 4 is 22.7 Å². The van der Waals surface area contributed by atoms with Crippen LogP contribution in [0, 0.1) is 0 Å². The first-order chi connectivity index (χ1) is 7.70. The molecule has 1 heterocycles. The predicted octanol–water partition coefficient (Wildman–Crippen LogP) is 3.19. The van der Waals surface area contributed by atoms with Crippen LogP contribution in [-0.2, 0) is 0 Å². The molecule has 0 aliphatic carbocycles. The molecule has 1 aromatic carbocycles. The van der Waals surface area contributed by atoms with Crippen LogP contribution in [0.3, 0.4) is 0 Å². The first-order valence-corrected chi connectivity index (χ1v) is 5.85. The van der Waals surface area contributed by atoms with E-state index in [0.29, 0.717) is 5.02 Å². The molecule has 0 spiro atoms. The van der Waals surface area contributed by atoms with Crippen LogP contribution in [0.2, 0.25) is 5.02 Å². The Morgan fingerprint density at radius 3 is 3.06 bits per heavy atom. The minimum absolute atomic E-state index is 0.270. The summed E-state index contributed by atoms with van der Waals surface area (Å²) in [6.07, 6.45) is 0. The molecule has 4 heteroatoms. The first kappa shape index (κ1) is 11.4. The Labute approximate surface area is 99.8 Å². The molecule has 0 amide bonds. The molecule has 0 saturated heterocycles. The van der Waals surface area contributed by atoms with E-state index < -0.39 is 0 Å². The molecule has 1 atom stereocenters. The summed E-state index contributed by atoms with van der Waals surface area (Å²) in [6, 6.07) is 5.49. The fraction of sp³-hybridized carbons (Fsp3) is 0.417. The lowest BCUT2D eigenvalue weighted by molar-refractivity contribution is 0.470. The van der Waals surface area contributed by atoms with Gasteiger partial charge < -0.3 is 9.73 Å². The van der Waals surface area contributed by atoms with E-state index in [1.165, 1.54) is 0 Å². The third-order valence-corrected chi connectivity index (χ3v) is 2.72. The summed E-state index contributed by atoms with van der Waals surface area (Å²) in [5.41, 5.74) is 1.62. The molecule has 0 aliphatic rings. The van der Waals surface area contributed by atoms with Gasteiger partial charge >= 0.3 is 0 Å². The summed E-state index contributed by atoms with van der Waals surface area (Å²) in [6.45, 7) is 6.00. The highest BCUT2D eigenvalue weighted by Gasteiger charge is 2.12. The standard InChI is InChI=1S/C12H15ClN2O/c1-3-14-7-8(2)12-15-10-6-9(13)4-5-11(10)16-12/h4-6,8,14H,3,7H2,1-2H3. The number of hydrogen-bond donors (Lipinski definition) is 1. The third kappa shape index (κ3) is 2.36. The first-order valence-electron chi connectivity index (χ1n) is 5.47. The summed E-state index contributed by atoms with van der Waals surface area (Å²) in [7, 11) is 0. The topological polar surface area (TPSA) is 38.1 Å². The number of nitrogens with one attached hydrogen (secondary N) is 1. The fourth-order valence-electron chi connectivity index (χ4n) is 1.58. The number of likely N-dealkylation sites (N-methyl/N-ethyl adjacent to an activating group) is 1. The SMILES string of the molecule is CCNCC(C)c1nc2cc(Cl)ccc2o1. The van der Waals surface area contributed by atoms with Crippen molar-refractivity contribution in [3.8, 4) is 0 Å². The second-order valence-electron chi connectivity index (χ2n) is 3.87. The van der Waals surface area contributed by atoms with Gasteiger partial charge in [0.25, 0.3) is 0 Å². The molecule has 2 aromatic rings. The number of nitrogens with zero attached hydrogens (tertiary/aromatic N) is 1. The number of oxazole rings is 1. The molecule has 1 aromatic heterocycles. The molecule has 16 heavy (non-hydrogen) atoms. The lowest BCUT2D eigenvalue weighted by Crippen LogP contribution is -2.19. The van der Waals surface area contributed by atoms with Gasteiger partial charge in [0.05, 0.1) is 0 Å². The van der Waals surface area contributed by atoms with Crippen molar-refractivity contribution in [3.63, 3.8) is 0 Å². The molecule has 0 fully saturated rings. The summed E-state index contributed by atoms with van der Waals surface area (Å²) < 4.78 is 5.67. The maximum atomic E-state index is 5.90. The Hall–Kier alpha value is -1.06. The quantitative estimate of drug-likeness (QED) is 0.889. The Bertz CT molecular complexity index is 481. The third-order valence-electron chi connectivity index (χ3n) is 2.49. The Morgan fingerprint density at radius 1 is 1.50 bits per heavy atom. The maximum absolute atomic E-state index is 5.90. The average molecular weight is 239 g/mol. The molecule has 1 unspecified atom stereocenters. The Balaban J connectivity index is 2.25. The normalized spacial score (nSPS) is 13.2. The number of aromatic nitrogens is 1. The van der Waals surface area contributed by atoms with Crippen LogP contribution >= 0.6 is 11.6 Å². The molecule has 0 aliphatic heterocycles. The van der Waals surface area contributed by atoms with E-state index in [1.807, 2.05) is 18.2 Å². The van der Waals surface area contributed by atoms with E-state index in [4.69, 9.17) is 16.0 Å². The van der Waals surface area contributed by atoms with Crippen LogP contribution < -0.4 is 5.32 Å². The van der Waals surface area contributed by atoms with Gasteiger partial charge in [-0.1, -0.05) is 25.4 Å². The van der Waals surface area contributed by atoms with Crippen molar-refractivity contribution in [2.45, 2.75) is 19.8 Å². The van der Waals surface area contributed by atoms with Gasteiger partial charge in [-0.2, -0.15) is 0 Å². The van der Waals surface area contributed by atoms with E-state index >= 15 is 0 Å². The lowest BCUT2D eigenvalue weighted by Gasteiger charge is -2.06. The van der Waals surface area contributed by atoms with Crippen LogP contribution in [0.25, 0.3) is 11.1 Å². The monoisotopic (exact) mass is 238 g/mol. The van der Waals surface area contributed by atoms with E-state index in [2.05, 4.69) is 24.1 Å². The average Bonchev–Trinajstić information content (AvgIpc) is 2.68. The zero-order valence-electron chi connectivity index (χ0n) is 9.46. The minimum atomic E-state index is 0.270. The van der Waals surface area contributed by atoms with Crippen molar-refractivity contribution in [3.05, 3.63) is 29.1 Å². The number of rotatable bonds is 4. The van der Waals surface area contributed by atoms with Gasteiger partial charge in [-0.25, -0.2) is 4.98 Å². The van der Waals surface area contributed by atoms with Crippen LogP contribution in [0.4, 0.5) is 0 Å². The van der Waals surface area contributed by atoms with Gasteiger partial charge in [-0.3, -0.25) is 0 Å². The highest BCUT2D eigenvalue weighted by Crippen LogP contribution is 2.23. The fourth-order valence-corrected chi connectivity index (χ4v) is 1.74. The lowest BCUT2D eigenvalue weighted by atomic mass is 10.2. The Kier molecular flexibility index (Phi) is 3.46. The van der Waals surface area contributed by atoms with E-state index in [9.17, 15) is 0 Å². The van der Waals surface area contributed by atoms with Crippen LogP contribution in [-0.4, -0.2) is 18.1 Å². The molecule has 0 bridgehead atoms. The summed E-state index contributed by atoms with van der Waals surface area (Å²) >= 11 is 5.90. The zero-order valence-corrected chi connectivity index (χ0v) is 10.2. The van der Waals surface area contributed by atoms with Crippen LogP contribution in [0.1, 0.15) is 25.7 Å². The van der Waals surface area contributed by atoms with E-state index in [-0.39, 0.29) is 5.92 Å². The zero-order chi connectivity index (χ0) is 11.5. The van der Waals surface area contributed by atoms with Crippen molar-refractivity contribution < 1.29 is 4.42 Å². The molecule has 3 nitrogen and oxygen atoms in total. The predicted molar refractivity (Wildman–Crippen MR) is 66.0 cm³/mol. The molecular formula is C12H15ClN2O. The highest BCUT2D eigenvalue weighted by atomic mass is 35.5. The van der Waals surface area contributed by atoms with Gasteiger partial charge in [-0.05, 0) is 24.7 Å². The van der Waals surface area contributed by atoms with Crippen molar-refractivity contribution in [1.82, 2.24) is 10.3 Å². The van der Waals surface area contributed by atoms with Gasteiger partial charge in [0.15, 0.2) is 11.5 Å². The summed E-state index contributed by atoms with van der Waals surface area (Å²) in [5.74, 6) is 1.03. The summed E-state index contributed by atoms with van der Waals surface area (Å²) in [5, 5.41) is 3.96. The molecular weight excluding hydrogens is 224 g/mol. The van der Waals surface area contributed by atoms with Crippen molar-refractivity contribution in [1.29, 1.82) is 0 Å². The van der Waals surface area contributed by atoms with Crippen LogP contribution in [0.5, 0.6) is 0 Å². The highest BCUT2D eigenvalue weighted by molar-refractivity contribution is 6.31. The molecule has 0 saturated carbocycles.